The van der Waals surface area contributed by atoms with Gasteiger partial charge in [-0.3, -0.25) is 0 Å². The first-order valence-corrected chi connectivity index (χ1v) is 5.57. The fourth-order valence-electron chi connectivity index (χ4n) is 1.98. The largest absolute Gasteiger partial charge is 0.304 e. The summed E-state index contributed by atoms with van der Waals surface area (Å²) in [5.74, 6) is 1.05. The molecule has 0 saturated heterocycles. The number of fused-ring (bicyclic) bond motifs is 1. The van der Waals surface area contributed by atoms with Crippen LogP contribution in [0.5, 0.6) is 0 Å². The van der Waals surface area contributed by atoms with E-state index in [4.69, 9.17) is 0 Å². The molecule has 0 bridgehead atoms. The van der Waals surface area contributed by atoms with Crippen molar-refractivity contribution in [3.8, 4) is 0 Å². The Kier molecular flexibility index (Phi) is 2.51. The second-order valence-corrected chi connectivity index (χ2v) is 4.64. The van der Waals surface area contributed by atoms with Crippen LogP contribution in [0, 0.1) is 0 Å². The second-order valence-electron chi connectivity index (χ2n) is 4.64. The minimum absolute atomic E-state index is 0.524. The molecule has 0 unspecified atom stereocenters. The van der Waals surface area contributed by atoms with Crippen molar-refractivity contribution in [1.82, 2.24) is 9.38 Å². The highest BCUT2D eigenvalue weighted by Crippen LogP contribution is 2.23. The number of nitrogens with zero attached hydrogens (tertiary/aromatic N) is 2. The summed E-state index contributed by atoms with van der Waals surface area (Å²) in [5.41, 5.74) is 3.76. The van der Waals surface area contributed by atoms with E-state index in [1.807, 2.05) is 6.20 Å². The molecule has 0 aliphatic carbocycles. The first-order chi connectivity index (χ1) is 7.11. The van der Waals surface area contributed by atoms with Crippen LogP contribution in [-0.2, 0) is 0 Å². The van der Waals surface area contributed by atoms with E-state index >= 15 is 0 Å². The lowest BCUT2D eigenvalue weighted by atomic mass is 10.0. The van der Waals surface area contributed by atoms with Crippen LogP contribution in [-0.4, -0.2) is 9.38 Å². The first kappa shape index (κ1) is 10.2. The zero-order valence-electron chi connectivity index (χ0n) is 9.86. The van der Waals surface area contributed by atoms with E-state index in [-0.39, 0.29) is 0 Å². The number of pyridine rings is 1. The van der Waals surface area contributed by atoms with E-state index in [1.54, 1.807) is 0 Å². The summed E-state index contributed by atoms with van der Waals surface area (Å²) in [6.45, 7) is 8.84. The number of hydrogen-bond acceptors (Lipinski definition) is 1. The van der Waals surface area contributed by atoms with E-state index < -0.39 is 0 Å². The molecule has 2 rings (SSSR count). The second kappa shape index (κ2) is 3.69. The highest BCUT2D eigenvalue weighted by Gasteiger charge is 2.10. The molecule has 0 N–H and O–H groups in total. The molecule has 2 nitrogen and oxygen atoms in total. The van der Waals surface area contributed by atoms with Crippen LogP contribution in [0.4, 0.5) is 0 Å². The van der Waals surface area contributed by atoms with Crippen LogP contribution in [0.2, 0.25) is 0 Å². The lowest BCUT2D eigenvalue weighted by Gasteiger charge is -2.13. The number of aromatic nitrogens is 2. The maximum atomic E-state index is 4.45. The van der Waals surface area contributed by atoms with Gasteiger partial charge in [-0.15, -0.1) is 0 Å². The topological polar surface area (TPSA) is 17.3 Å². The standard InChI is InChI=1S/C13H18N2/c1-9(2)11-5-6-12(10(3)4)15-8-7-14-13(11)15/h5-10H,1-4H3. The van der Waals surface area contributed by atoms with Crippen molar-refractivity contribution in [3.05, 3.63) is 35.8 Å². The van der Waals surface area contributed by atoms with E-state index in [2.05, 4.69) is 55.4 Å². The van der Waals surface area contributed by atoms with Gasteiger partial charge >= 0.3 is 0 Å². The van der Waals surface area contributed by atoms with Gasteiger partial charge in [-0.1, -0.05) is 33.8 Å². The van der Waals surface area contributed by atoms with Gasteiger partial charge in [0.2, 0.25) is 0 Å². The average Bonchev–Trinajstić information content (AvgIpc) is 2.63. The maximum absolute atomic E-state index is 4.45. The van der Waals surface area contributed by atoms with Gasteiger partial charge in [-0.05, 0) is 23.5 Å². The molecule has 0 amide bonds. The van der Waals surface area contributed by atoms with Crippen LogP contribution < -0.4 is 0 Å². The van der Waals surface area contributed by atoms with E-state index in [9.17, 15) is 0 Å². The molecule has 0 radical (unpaired) electrons. The third-order valence-corrected chi connectivity index (χ3v) is 2.82. The predicted molar refractivity (Wildman–Crippen MR) is 63.4 cm³/mol. The first-order valence-electron chi connectivity index (χ1n) is 5.57. The Bertz CT molecular complexity index is 424. The van der Waals surface area contributed by atoms with Crippen molar-refractivity contribution in [3.63, 3.8) is 0 Å². The molecule has 0 aliphatic heterocycles. The fraction of sp³-hybridized carbons (Fsp3) is 0.462. The summed E-state index contributed by atoms with van der Waals surface area (Å²) in [6.07, 6.45) is 3.93. The highest BCUT2D eigenvalue weighted by molar-refractivity contribution is 5.51. The molecule has 2 heterocycles. The summed E-state index contributed by atoms with van der Waals surface area (Å²) < 4.78 is 2.21. The molecule has 0 saturated carbocycles. The van der Waals surface area contributed by atoms with E-state index in [0.717, 1.165) is 5.65 Å². The Labute approximate surface area is 91.0 Å². The normalized spacial score (nSPS) is 11.9. The number of hydrogen-bond donors (Lipinski definition) is 0. The monoisotopic (exact) mass is 202 g/mol. The molecule has 2 heteroatoms. The Morgan fingerprint density at radius 2 is 1.80 bits per heavy atom. The third kappa shape index (κ3) is 1.65. The van der Waals surface area contributed by atoms with Crippen LogP contribution in [0.25, 0.3) is 5.65 Å². The Balaban J connectivity index is 2.71. The van der Waals surface area contributed by atoms with Gasteiger partial charge in [-0.2, -0.15) is 0 Å². The van der Waals surface area contributed by atoms with Crippen LogP contribution in [0.15, 0.2) is 24.5 Å². The SMILES string of the molecule is CC(C)c1ccc(C(C)C)n2ccnc12. The average molecular weight is 202 g/mol. The van der Waals surface area contributed by atoms with E-state index in [0.29, 0.717) is 11.8 Å². The van der Waals surface area contributed by atoms with Gasteiger partial charge < -0.3 is 4.40 Å². The molecular formula is C13H18N2. The lowest BCUT2D eigenvalue weighted by Crippen LogP contribution is -2.02. The molecule has 0 aliphatic rings. The molecular weight excluding hydrogens is 184 g/mol. The minimum Gasteiger partial charge on any atom is -0.304 e. The Morgan fingerprint density at radius 1 is 1.07 bits per heavy atom. The lowest BCUT2D eigenvalue weighted by molar-refractivity contribution is 0.787. The number of rotatable bonds is 2. The van der Waals surface area contributed by atoms with Gasteiger partial charge in [-0.25, -0.2) is 4.98 Å². The summed E-state index contributed by atoms with van der Waals surface area (Å²) in [7, 11) is 0. The highest BCUT2D eigenvalue weighted by atomic mass is 15.0. The van der Waals surface area contributed by atoms with Crippen molar-refractivity contribution < 1.29 is 0 Å². The Morgan fingerprint density at radius 3 is 2.40 bits per heavy atom. The van der Waals surface area contributed by atoms with Gasteiger partial charge in [0, 0.05) is 18.1 Å². The minimum atomic E-state index is 0.524. The summed E-state index contributed by atoms with van der Waals surface area (Å²) in [6, 6.07) is 4.43. The maximum Gasteiger partial charge on any atom is 0.140 e. The summed E-state index contributed by atoms with van der Waals surface area (Å²) in [5, 5.41) is 0. The van der Waals surface area contributed by atoms with Gasteiger partial charge in [0.25, 0.3) is 0 Å². The van der Waals surface area contributed by atoms with Crippen molar-refractivity contribution in [2.45, 2.75) is 39.5 Å². The van der Waals surface area contributed by atoms with Crippen molar-refractivity contribution in [2.24, 2.45) is 0 Å². The quantitative estimate of drug-likeness (QED) is 0.727. The van der Waals surface area contributed by atoms with Crippen molar-refractivity contribution in [1.29, 1.82) is 0 Å². The van der Waals surface area contributed by atoms with Crippen molar-refractivity contribution in [2.75, 3.05) is 0 Å². The molecule has 0 atom stereocenters. The fourth-order valence-corrected chi connectivity index (χ4v) is 1.98. The van der Waals surface area contributed by atoms with Crippen molar-refractivity contribution >= 4 is 5.65 Å². The zero-order valence-corrected chi connectivity index (χ0v) is 9.86. The smallest absolute Gasteiger partial charge is 0.140 e. The molecule has 15 heavy (non-hydrogen) atoms. The van der Waals surface area contributed by atoms with Gasteiger partial charge in [0.15, 0.2) is 0 Å². The summed E-state index contributed by atoms with van der Waals surface area (Å²) >= 11 is 0. The van der Waals surface area contributed by atoms with Crippen LogP contribution >= 0.6 is 0 Å². The third-order valence-electron chi connectivity index (χ3n) is 2.82. The molecule has 2 aromatic heterocycles. The van der Waals surface area contributed by atoms with Gasteiger partial charge in [0.05, 0.1) is 0 Å². The molecule has 0 fully saturated rings. The number of imidazole rings is 1. The summed E-state index contributed by atoms with van der Waals surface area (Å²) in [4.78, 5) is 4.45. The predicted octanol–water partition coefficient (Wildman–Crippen LogP) is 3.58. The zero-order chi connectivity index (χ0) is 11.0. The van der Waals surface area contributed by atoms with Crippen LogP contribution in [0.1, 0.15) is 50.8 Å². The van der Waals surface area contributed by atoms with Gasteiger partial charge in [0.1, 0.15) is 5.65 Å². The van der Waals surface area contributed by atoms with Crippen LogP contribution in [0.3, 0.4) is 0 Å². The Hall–Kier alpha value is -1.31. The van der Waals surface area contributed by atoms with E-state index in [1.165, 1.54) is 11.3 Å². The molecule has 2 aromatic rings. The molecule has 0 aromatic carbocycles. The molecule has 80 valence electrons. The molecule has 0 spiro atoms.